The second-order valence-corrected chi connectivity index (χ2v) is 6.92. The molecule has 2 nitrogen and oxygen atoms in total. The van der Waals surface area contributed by atoms with Crippen LogP contribution < -0.4 is 0 Å². The van der Waals surface area contributed by atoms with Crippen LogP contribution in [0.15, 0.2) is 0 Å². The van der Waals surface area contributed by atoms with Gasteiger partial charge in [0.1, 0.15) is 0 Å². The average molecular weight is 226 g/mol. The van der Waals surface area contributed by atoms with Crippen LogP contribution in [0.5, 0.6) is 0 Å². The van der Waals surface area contributed by atoms with Crippen molar-refractivity contribution in [2.45, 2.75) is 65.6 Å². The number of aliphatic hydroxyl groups is 1. The molecule has 1 heterocycles. The molecule has 2 fully saturated rings. The third-order valence-electron chi connectivity index (χ3n) is 4.82. The highest BCUT2D eigenvalue weighted by molar-refractivity contribution is 4.90. The Morgan fingerprint density at radius 3 is 2.25 bits per heavy atom. The normalized spacial score (nSPS) is 41.2. The van der Waals surface area contributed by atoms with Crippen molar-refractivity contribution in [3.8, 4) is 0 Å². The number of ether oxygens (including phenoxy) is 1. The van der Waals surface area contributed by atoms with Crippen molar-refractivity contribution in [3.05, 3.63) is 0 Å². The van der Waals surface area contributed by atoms with Gasteiger partial charge in [0.2, 0.25) is 0 Å². The molecule has 1 atom stereocenters. The number of hydrogen-bond acceptors (Lipinski definition) is 2. The molecule has 1 N–H and O–H groups in total. The van der Waals surface area contributed by atoms with Gasteiger partial charge in [-0.2, -0.15) is 0 Å². The smallest absolute Gasteiger partial charge is 0.155 e. The van der Waals surface area contributed by atoms with E-state index in [0.29, 0.717) is 10.8 Å². The molecule has 2 aliphatic rings. The molecule has 2 rings (SSSR count). The fourth-order valence-corrected chi connectivity index (χ4v) is 3.49. The summed E-state index contributed by atoms with van der Waals surface area (Å²) in [7, 11) is 0. The standard InChI is InChI=1S/C14H26O2/c1-13(2,3)11-4-6-14(7-5-11)8-9-16-12(15)10-14/h11-12,15H,4-10H2,1-3H3. The lowest BCUT2D eigenvalue weighted by molar-refractivity contribution is -0.170. The van der Waals surface area contributed by atoms with Gasteiger partial charge in [-0.05, 0) is 48.9 Å². The van der Waals surface area contributed by atoms with Crippen molar-refractivity contribution in [1.29, 1.82) is 0 Å². The van der Waals surface area contributed by atoms with Gasteiger partial charge in [-0.1, -0.05) is 20.8 Å². The van der Waals surface area contributed by atoms with Gasteiger partial charge in [0.05, 0.1) is 6.61 Å². The first-order valence-electron chi connectivity index (χ1n) is 6.71. The van der Waals surface area contributed by atoms with Gasteiger partial charge in [0, 0.05) is 6.42 Å². The van der Waals surface area contributed by atoms with Crippen LogP contribution in [0.3, 0.4) is 0 Å². The fourth-order valence-electron chi connectivity index (χ4n) is 3.49. The molecule has 0 aromatic heterocycles. The summed E-state index contributed by atoms with van der Waals surface area (Å²) in [5, 5.41) is 9.63. The summed E-state index contributed by atoms with van der Waals surface area (Å²) in [6, 6.07) is 0. The monoisotopic (exact) mass is 226 g/mol. The van der Waals surface area contributed by atoms with Crippen LogP contribution >= 0.6 is 0 Å². The minimum atomic E-state index is -0.500. The first-order valence-corrected chi connectivity index (χ1v) is 6.71. The highest BCUT2D eigenvalue weighted by Gasteiger charge is 2.41. The number of hydrogen-bond donors (Lipinski definition) is 1. The van der Waals surface area contributed by atoms with E-state index in [2.05, 4.69) is 20.8 Å². The molecule has 1 unspecified atom stereocenters. The molecule has 2 heteroatoms. The van der Waals surface area contributed by atoms with Gasteiger partial charge in [-0.3, -0.25) is 0 Å². The molecule has 94 valence electrons. The second-order valence-electron chi connectivity index (χ2n) is 6.92. The minimum Gasteiger partial charge on any atom is -0.368 e. The second kappa shape index (κ2) is 4.30. The molecule has 0 bridgehead atoms. The Labute approximate surface area is 99.4 Å². The van der Waals surface area contributed by atoms with Crippen LogP contribution in [0, 0.1) is 16.7 Å². The van der Waals surface area contributed by atoms with Crippen LogP contribution in [-0.2, 0) is 4.74 Å². The van der Waals surface area contributed by atoms with Crippen LogP contribution in [0.4, 0.5) is 0 Å². The Kier molecular flexibility index (Phi) is 3.33. The zero-order chi connectivity index (χ0) is 11.8. The molecule has 0 aromatic carbocycles. The molecule has 16 heavy (non-hydrogen) atoms. The Morgan fingerprint density at radius 1 is 1.12 bits per heavy atom. The molecule has 1 saturated carbocycles. The van der Waals surface area contributed by atoms with E-state index in [9.17, 15) is 5.11 Å². The fraction of sp³-hybridized carbons (Fsp3) is 1.00. The predicted octanol–water partition coefficient (Wildman–Crippen LogP) is 3.34. The SMILES string of the molecule is CC(C)(C)C1CCC2(CCOC(O)C2)CC1. The van der Waals surface area contributed by atoms with Crippen molar-refractivity contribution in [1.82, 2.24) is 0 Å². The Bertz CT molecular complexity index is 234. The maximum atomic E-state index is 9.63. The van der Waals surface area contributed by atoms with Crippen LogP contribution in [-0.4, -0.2) is 18.0 Å². The van der Waals surface area contributed by atoms with Crippen molar-refractivity contribution in [2.24, 2.45) is 16.7 Å². The molecule has 1 aliphatic heterocycles. The third kappa shape index (κ3) is 2.60. The van der Waals surface area contributed by atoms with E-state index < -0.39 is 6.29 Å². The average Bonchev–Trinajstić information content (AvgIpc) is 2.16. The Balaban J connectivity index is 1.93. The van der Waals surface area contributed by atoms with E-state index in [4.69, 9.17) is 4.74 Å². The van der Waals surface area contributed by atoms with Crippen LogP contribution in [0.2, 0.25) is 0 Å². The molecular formula is C14H26O2. The number of aliphatic hydroxyl groups excluding tert-OH is 1. The Morgan fingerprint density at radius 2 is 1.75 bits per heavy atom. The van der Waals surface area contributed by atoms with E-state index in [0.717, 1.165) is 25.4 Å². The van der Waals surface area contributed by atoms with E-state index in [1.54, 1.807) is 0 Å². The lowest BCUT2D eigenvalue weighted by Crippen LogP contribution is -2.39. The van der Waals surface area contributed by atoms with E-state index in [1.165, 1.54) is 25.7 Å². The molecule has 1 spiro atoms. The van der Waals surface area contributed by atoms with Gasteiger partial charge >= 0.3 is 0 Å². The van der Waals surface area contributed by atoms with Crippen molar-refractivity contribution < 1.29 is 9.84 Å². The van der Waals surface area contributed by atoms with E-state index in [1.807, 2.05) is 0 Å². The molecule has 1 saturated heterocycles. The molecule has 0 radical (unpaired) electrons. The zero-order valence-corrected chi connectivity index (χ0v) is 11.0. The minimum absolute atomic E-state index is 0.402. The molecule has 0 aromatic rings. The molecule has 1 aliphatic carbocycles. The lowest BCUT2D eigenvalue weighted by atomic mass is 9.61. The first-order chi connectivity index (χ1) is 7.41. The van der Waals surface area contributed by atoms with Crippen LogP contribution in [0.1, 0.15) is 59.3 Å². The highest BCUT2D eigenvalue weighted by Crippen LogP contribution is 2.50. The predicted molar refractivity (Wildman–Crippen MR) is 65.0 cm³/mol. The van der Waals surface area contributed by atoms with Gasteiger partial charge < -0.3 is 9.84 Å². The lowest BCUT2D eigenvalue weighted by Gasteiger charge is -2.47. The van der Waals surface area contributed by atoms with Gasteiger partial charge in [0.25, 0.3) is 0 Å². The summed E-state index contributed by atoms with van der Waals surface area (Å²) in [6.45, 7) is 7.82. The summed E-state index contributed by atoms with van der Waals surface area (Å²) in [5.74, 6) is 0.859. The van der Waals surface area contributed by atoms with Gasteiger partial charge in [0.15, 0.2) is 6.29 Å². The maximum Gasteiger partial charge on any atom is 0.155 e. The summed E-state index contributed by atoms with van der Waals surface area (Å²) < 4.78 is 5.25. The highest BCUT2D eigenvalue weighted by atomic mass is 16.6. The maximum absolute atomic E-state index is 9.63. The van der Waals surface area contributed by atoms with Gasteiger partial charge in [-0.15, -0.1) is 0 Å². The molecule has 0 amide bonds. The largest absolute Gasteiger partial charge is 0.368 e. The number of rotatable bonds is 0. The summed E-state index contributed by atoms with van der Waals surface area (Å²) in [6.07, 6.45) is 6.75. The summed E-state index contributed by atoms with van der Waals surface area (Å²) in [4.78, 5) is 0. The van der Waals surface area contributed by atoms with E-state index in [-0.39, 0.29) is 0 Å². The van der Waals surface area contributed by atoms with Gasteiger partial charge in [-0.25, -0.2) is 0 Å². The Hall–Kier alpha value is -0.0800. The topological polar surface area (TPSA) is 29.5 Å². The quantitative estimate of drug-likeness (QED) is 0.686. The van der Waals surface area contributed by atoms with E-state index >= 15 is 0 Å². The van der Waals surface area contributed by atoms with Crippen LogP contribution in [0.25, 0.3) is 0 Å². The van der Waals surface area contributed by atoms with Crippen molar-refractivity contribution in [2.75, 3.05) is 6.61 Å². The van der Waals surface area contributed by atoms with Crippen molar-refractivity contribution >= 4 is 0 Å². The molecular weight excluding hydrogens is 200 g/mol. The summed E-state index contributed by atoms with van der Waals surface area (Å²) in [5.41, 5.74) is 0.852. The van der Waals surface area contributed by atoms with Crippen molar-refractivity contribution in [3.63, 3.8) is 0 Å². The zero-order valence-electron chi connectivity index (χ0n) is 11.0. The third-order valence-corrected chi connectivity index (χ3v) is 4.82. The summed E-state index contributed by atoms with van der Waals surface area (Å²) >= 11 is 0. The first kappa shape index (κ1) is 12.4.